The number of nitrogens with zero attached hydrogens (tertiary/aromatic N) is 6. The number of aromatic nitrogens is 7. The van der Waals surface area contributed by atoms with Crippen molar-refractivity contribution in [2.45, 2.75) is 70.2 Å². The van der Waals surface area contributed by atoms with E-state index in [1.165, 1.54) is 40.6 Å². The van der Waals surface area contributed by atoms with E-state index in [9.17, 15) is 53.7 Å². The summed E-state index contributed by atoms with van der Waals surface area (Å²) >= 11 is 7.92. The zero-order chi connectivity index (χ0) is 63.7. The number of primary amides is 1. The molecule has 6 amide bonds. The molecule has 11 rings (SSSR count). The number of aromatic amines is 1. The number of ether oxygens (including phenoxy) is 1. The largest absolute Gasteiger partial charge is 0.506 e. The fourth-order valence-electron chi connectivity index (χ4n) is 9.45. The summed E-state index contributed by atoms with van der Waals surface area (Å²) in [5.41, 5.74) is 7.97. The summed E-state index contributed by atoms with van der Waals surface area (Å²) in [6.07, 6.45) is -2.30. The zero-order valence-corrected chi connectivity index (χ0v) is 54.0. The van der Waals surface area contributed by atoms with Gasteiger partial charge in [-0.05, 0) is 84.8 Å². The van der Waals surface area contributed by atoms with Crippen molar-refractivity contribution in [1.82, 2.24) is 61.5 Å². The van der Waals surface area contributed by atoms with Gasteiger partial charge in [0.15, 0.2) is 6.10 Å². The average Bonchev–Trinajstić information content (AvgIpc) is 1.59. The van der Waals surface area contributed by atoms with E-state index in [1.54, 1.807) is 43.5 Å². The monoisotopic (exact) mass is 1440 g/mol. The van der Waals surface area contributed by atoms with Crippen molar-refractivity contribution in [2.24, 2.45) is 5.73 Å². The van der Waals surface area contributed by atoms with Gasteiger partial charge >= 0.3 is 5.97 Å². The van der Waals surface area contributed by atoms with E-state index in [-0.39, 0.29) is 101 Å². The van der Waals surface area contributed by atoms with Gasteiger partial charge in [0.25, 0.3) is 23.6 Å². The highest BCUT2D eigenvalue weighted by Crippen LogP contribution is 2.42. The molecule has 33 heteroatoms. The lowest BCUT2D eigenvalue weighted by Gasteiger charge is -2.21. The first-order valence-corrected chi connectivity index (χ1v) is 33.5. The Morgan fingerprint density at radius 2 is 1.46 bits per heavy atom. The number of pyridine rings is 1. The van der Waals surface area contributed by atoms with Crippen LogP contribution >= 0.6 is 91.0 Å². The van der Waals surface area contributed by atoms with Crippen molar-refractivity contribution >= 4 is 160 Å². The Bertz CT molecular complexity index is 4380. The molecular weight excluding hydrogens is 1390 g/mol. The highest BCUT2D eigenvalue weighted by molar-refractivity contribution is 14.1. The van der Waals surface area contributed by atoms with Crippen molar-refractivity contribution in [3.05, 3.63) is 140 Å². The van der Waals surface area contributed by atoms with Crippen molar-refractivity contribution in [3.8, 4) is 38.4 Å². The van der Waals surface area contributed by atoms with Gasteiger partial charge < -0.3 is 62.7 Å². The summed E-state index contributed by atoms with van der Waals surface area (Å²) < 4.78 is 6.58. The molecule has 0 saturated heterocycles. The third-order valence-electron chi connectivity index (χ3n) is 14.0. The number of carbonyl (C=O) groups excluding carboxylic acids is 8. The smallest absolute Gasteiger partial charge is 0.335 e. The topological polar surface area (TPSA) is 398 Å². The lowest BCUT2D eigenvalue weighted by atomic mass is 10.1. The Hall–Kier alpha value is -8.42. The first-order chi connectivity index (χ1) is 43.2. The van der Waals surface area contributed by atoms with Gasteiger partial charge in [-0.15, -0.1) is 56.7 Å². The van der Waals surface area contributed by atoms with E-state index < -0.39 is 95.1 Å². The number of nitrogens with one attached hydrogen (secondary N) is 7. The molecule has 2 aromatic carbocycles. The van der Waals surface area contributed by atoms with Crippen LogP contribution < -0.4 is 37.6 Å². The first-order valence-electron chi connectivity index (χ1n) is 27.0. The van der Waals surface area contributed by atoms with Gasteiger partial charge in [-0.1, -0.05) is 36.0 Å². The maximum Gasteiger partial charge on any atom is 0.335 e. The fourth-order valence-corrected chi connectivity index (χ4v) is 15.2. The summed E-state index contributed by atoms with van der Waals surface area (Å²) in [7, 11) is 0. The minimum absolute atomic E-state index is 0.0489. The summed E-state index contributed by atoms with van der Waals surface area (Å²) in [4.78, 5) is 142. The molecule has 462 valence electrons. The number of aliphatic hydroxyl groups is 2. The molecule has 9 heterocycles. The zero-order valence-electron chi connectivity index (χ0n) is 47.0. The van der Waals surface area contributed by atoms with Crippen LogP contribution in [0.4, 0.5) is 5.69 Å². The number of fused-ring (bicyclic) bond motifs is 13. The molecule has 9 aromatic rings. The van der Waals surface area contributed by atoms with Crippen molar-refractivity contribution in [3.63, 3.8) is 0 Å². The lowest BCUT2D eigenvalue weighted by molar-refractivity contribution is -0.155. The quantitative estimate of drug-likeness (QED) is 0.0574. The number of allylic oxidation sites excluding steroid dienone is 1. The number of thiazole rings is 5. The van der Waals surface area contributed by atoms with Crippen LogP contribution in [0.15, 0.2) is 81.5 Å². The predicted octanol–water partition coefficient (Wildman–Crippen LogP) is 6.45. The molecule has 1 unspecified atom stereocenters. The number of hydrogen-bond donors (Lipinski definition) is 11. The molecule has 0 saturated carbocycles. The summed E-state index contributed by atoms with van der Waals surface area (Å²) in [6, 6.07) is 8.83. The van der Waals surface area contributed by atoms with Gasteiger partial charge in [-0.3, -0.25) is 33.6 Å². The number of thioether (sulfide) groups is 1. The molecule has 7 aromatic heterocycles. The normalized spacial score (nSPS) is 18.9. The lowest BCUT2D eigenvalue weighted by Crippen LogP contribution is -2.52. The number of H-pyrrole nitrogens is 1. The van der Waals surface area contributed by atoms with Gasteiger partial charge in [0.05, 0.1) is 29.6 Å². The summed E-state index contributed by atoms with van der Waals surface area (Å²) in [5, 5.41) is 59.0. The highest BCUT2D eigenvalue weighted by atomic mass is 127. The van der Waals surface area contributed by atoms with E-state index in [0.29, 0.717) is 27.7 Å². The van der Waals surface area contributed by atoms with Gasteiger partial charge in [0.1, 0.15) is 89.3 Å². The van der Waals surface area contributed by atoms with E-state index in [1.807, 2.05) is 18.2 Å². The van der Waals surface area contributed by atoms with Crippen LogP contribution in [-0.4, -0.2) is 133 Å². The maximum atomic E-state index is 14.6. The number of rotatable bonds is 8. The Morgan fingerprint density at radius 1 is 0.800 bits per heavy atom. The van der Waals surface area contributed by atoms with Gasteiger partial charge in [0.2, 0.25) is 16.9 Å². The number of aromatic hydroxyl groups is 1. The van der Waals surface area contributed by atoms with Crippen LogP contribution in [0.2, 0.25) is 0 Å². The number of hydrogen-bond acceptors (Lipinski definition) is 25. The molecule has 26 nitrogen and oxygen atoms in total. The maximum absolute atomic E-state index is 14.6. The van der Waals surface area contributed by atoms with Crippen LogP contribution in [0.25, 0.3) is 49.3 Å². The number of esters is 1. The number of amides is 6. The minimum atomic E-state index is -1.84. The number of carbonyl (C=O) groups is 8. The number of halogens is 1. The van der Waals surface area contributed by atoms with Crippen LogP contribution in [0.1, 0.15) is 111 Å². The fraction of sp³-hybridized carbons (Fsp3) is 0.228. The molecule has 90 heavy (non-hydrogen) atoms. The summed E-state index contributed by atoms with van der Waals surface area (Å²) in [6.45, 7) is 4.26. The molecular formula is C57H49IN14O12S6. The predicted molar refractivity (Wildman–Crippen MR) is 347 cm³/mol. The van der Waals surface area contributed by atoms with Gasteiger partial charge in [-0.2, -0.15) is 0 Å². The third kappa shape index (κ3) is 13.7. The van der Waals surface area contributed by atoms with Crippen molar-refractivity contribution in [2.75, 3.05) is 17.6 Å². The molecule has 12 bridgehead atoms. The average molecular weight is 1440 g/mol. The standard InChI is InChI=1S/C57H49IN14O12S6/c1-4-28-52-68-33(18-87-52)46(77)63-30-13-39(75)56(82)84-15-24-7-5-10-29-40(24)22(2)41(61-29)57(83)90-21-37(65-48(79)34-19-88-53(30)69-34)54-66-32(16-86-54)43-27(51-67-36(17-85-51)49(80)72-42(23(3)73)50(81)62-28)12-38(74)44(71-43)55-70-35(20-89-55)47(78)64-31(45(59)76)14-60-26-9-6-8-25(58)11-26/h4-12,16-20,23,30-31,37,39,42,60-61,73-75H,13-15,21H2,1-3H3,(H2,59,76)(H,62,81)(H,63,77)(H,64,78)(H,65,79)(H,72,80)/b28-4-/t23-,30+,31?,37+,39-,42+/m1/s1. The van der Waals surface area contributed by atoms with E-state index in [2.05, 4.69) is 79.4 Å². The van der Waals surface area contributed by atoms with Crippen LogP contribution in [0.3, 0.4) is 0 Å². The molecule has 0 radical (unpaired) electrons. The van der Waals surface area contributed by atoms with E-state index in [0.717, 1.165) is 72.0 Å². The second-order valence-electron chi connectivity index (χ2n) is 20.2. The molecule has 12 N–H and O–H groups in total. The Balaban J connectivity index is 1.01. The third-order valence-corrected chi connectivity index (χ3v) is 20.2. The van der Waals surface area contributed by atoms with Crippen LogP contribution in [-0.2, 0) is 25.7 Å². The molecule has 2 aliphatic heterocycles. The minimum Gasteiger partial charge on any atom is -0.506 e. The molecule has 2 aliphatic rings. The Morgan fingerprint density at radius 3 is 2.19 bits per heavy atom. The van der Waals surface area contributed by atoms with Crippen molar-refractivity contribution < 1.29 is 58.4 Å². The molecule has 0 aliphatic carbocycles. The van der Waals surface area contributed by atoms with Crippen molar-refractivity contribution in [1.29, 1.82) is 0 Å². The Labute approximate surface area is 547 Å². The number of cyclic esters (lactones) is 1. The molecule has 0 spiro atoms. The van der Waals surface area contributed by atoms with Crippen LogP contribution in [0.5, 0.6) is 5.75 Å². The summed E-state index contributed by atoms with van der Waals surface area (Å²) in [5.74, 6) is -6.43. The van der Waals surface area contributed by atoms with E-state index in [4.69, 9.17) is 20.4 Å². The Kier molecular flexibility index (Phi) is 18.9. The number of nitrogens with two attached hydrogens (primary N) is 1. The number of anilines is 1. The number of aryl methyl sites for hydroxylation is 1. The van der Waals surface area contributed by atoms with Gasteiger partial charge in [0, 0.05) is 71.3 Å². The SMILES string of the molecule is C/C=C1\NC(=O)[C@H]([C@@H](C)O)NC(=O)c2csc(n2)-c2cc(O)c(-c3nc(C(=O)NC(CNc4cccc(I)c4)C(N)=O)cs3)nc2-c2csc(n2)[C@@H]2CSC(=O)c3[nH]c4cccc(c4c3C)COC(=O)[C@H](O)C[C@H](NC(=O)c3csc1n3)c1nc(cs1)C(=O)N2. The first kappa shape index (κ1) is 63.2. The number of benzene rings is 2. The van der Waals surface area contributed by atoms with E-state index >= 15 is 0 Å². The van der Waals surface area contributed by atoms with Gasteiger partial charge in [-0.25, -0.2) is 34.7 Å². The second-order valence-corrected chi connectivity index (χ2v) is 26.8. The second kappa shape index (κ2) is 27.0. The number of aliphatic hydroxyl groups excluding tert-OH is 2. The highest BCUT2D eigenvalue weighted by Gasteiger charge is 2.34. The van der Waals surface area contributed by atoms with Crippen LogP contribution in [0, 0.1) is 10.5 Å². The molecule has 6 atom stereocenters. The molecule has 0 fully saturated rings.